The van der Waals surface area contributed by atoms with E-state index in [1.807, 2.05) is 0 Å². The molecule has 1 aliphatic carbocycles. The van der Waals surface area contributed by atoms with Crippen LogP contribution in [0.25, 0.3) is 0 Å². The van der Waals surface area contributed by atoms with Gasteiger partial charge >= 0.3 is 6.18 Å². The zero-order valence-electron chi connectivity index (χ0n) is 8.47. The Labute approximate surface area is 95.6 Å². The fraction of sp³-hybridized carbons (Fsp3) is 1.00. The molecule has 0 aromatic rings. The molecular formula is C9H15BrF3NO. The van der Waals surface area contributed by atoms with Gasteiger partial charge in [-0.3, -0.25) is 0 Å². The summed E-state index contributed by atoms with van der Waals surface area (Å²) in [5.74, 6) is 0.345. The third kappa shape index (κ3) is 4.28. The molecule has 0 spiro atoms. The van der Waals surface area contributed by atoms with Crippen molar-refractivity contribution in [3.8, 4) is 0 Å². The molecule has 0 radical (unpaired) electrons. The average Bonchev–Trinajstić information content (AvgIpc) is 1.99. The van der Waals surface area contributed by atoms with Crippen molar-refractivity contribution in [2.24, 2.45) is 5.92 Å². The van der Waals surface area contributed by atoms with Gasteiger partial charge in [-0.15, -0.1) is 0 Å². The van der Waals surface area contributed by atoms with Crippen molar-refractivity contribution in [1.82, 2.24) is 4.90 Å². The monoisotopic (exact) mass is 289 g/mol. The van der Waals surface area contributed by atoms with Crippen LogP contribution in [0.2, 0.25) is 0 Å². The van der Waals surface area contributed by atoms with Crippen LogP contribution in [0.3, 0.4) is 0 Å². The van der Waals surface area contributed by atoms with Crippen LogP contribution in [0.15, 0.2) is 0 Å². The summed E-state index contributed by atoms with van der Waals surface area (Å²) in [5, 5.41) is 9.03. The molecule has 1 atom stereocenters. The van der Waals surface area contributed by atoms with E-state index in [1.54, 1.807) is 11.9 Å². The minimum absolute atomic E-state index is 0.0455. The Morgan fingerprint density at radius 3 is 2.40 bits per heavy atom. The quantitative estimate of drug-likeness (QED) is 0.801. The summed E-state index contributed by atoms with van der Waals surface area (Å²) < 4.78 is 36.6. The lowest BCUT2D eigenvalue weighted by molar-refractivity contribution is -0.130. The molecule has 0 saturated heterocycles. The Morgan fingerprint density at radius 2 is 2.00 bits per heavy atom. The molecule has 1 N–H and O–H groups in total. The normalized spacial score (nSPS) is 29.0. The molecule has 1 saturated carbocycles. The second-order valence-corrected chi connectivity index (χ2v) is 5.33. The third-order valence-corrected chi connectivity index (χ3v) is 3.42. The zero-order chi connectivity index (χ0) is 11.6. The molecule has 0 aromatic heterocycles. The van der Waals surface area contributed by atoms with Crippen molar-refractivity contribution in [3.63, 3.8) is 0 Å². The van der Waals surface area contributed by atoms with Crippen molar-refractivity contribution < 1.29 is 18.3 Å². The van der Waals surface area contributed by atoms with Gasteiger partial charge in [0.25, 0.3) is 0 Å². The fourth-order valence-corrected chi connectivity index (χ4v) is 2.24. The highest BCUT2D eigenvalue weighted by atomic mass is 79.9. The number of hydrogen-bond donors (Lipinski definition) is 1. The molecule has 0 bridgehead atoms. The van der Waals surface area contributed by atoms with Gasteiger partial charge in [-0.1, -0.05) is 15.9 Å². The van der Waals surface area contributed by atoms with E-state index in [9.17, 15) is 13.2 Å². The first-order valence-electron chi connectivity index (χ1n) is 4.86. The minimum Gasteiger partial charge on any atom is -0.393 e. The predicted octanol–water partition coefficient (Wildman–Crippen LogP) is 2.01. The standard InChI is InChI=1S/C9H15BrF3NO/c1-14(4-6-2-7(15)3-6)5-8(10)9(11,12)13/h6-8,15H,2-5H2,1H3. The van der Waals surface area contributed by atoms with Gasteiger partial charge in [-0.2, -0.15) is 13.2 Å². The Hall–Kier alpha value is 0.190. The first kappa shape index (κ1) is 13.3. The van der Waals surface area contributed by atoms with Crippen LogP contribution in [0.4, 0.5) is 13.2 Å². The fourth-order valence-electron chi connectivity index (χ4n) is 1.74. The van der Waals surface area contributed by atoms with Crippen LogP contribution in [0.5, 0.6) is 0 Å². The minimum atomic E-state index is -4.19. The van der Waals surface area contributed by atoms with Crippen molar-refractivity contribution in [2.75, 3.05) is 20.1 Å². The number of aliphatic hydroxyl groups excluding tert-OH is 1. The van der Waals surface area contributed by atoms with E-state index in [0.717, 1.165) is 0 Å². The Kier molecular flexibility index (Phi) is 4.43. The summed E-state index contributed by atoms with van der Waals surface area (Å²) in [7, 11) is 1.67. The van der Waals surface area contributed by atoms with Crippen LogP contribution in [0, 0.1) is 5.92 Å². The molecule has 0 aliphatic heterocycles. The summed E-state index contributed by atoms with van der Waals surface area (Å²) in [6.07, 6.45) is -3.01. The maximum absolute atomic E-state index is 12.2. The third-order valence-electron chi connectivity index (χ3n) is 2.61. The van der Waals surface area contributed by atoms with E-state index in [1.165, 1.54) is 0 Å². The van der Waals surface area contributed by atoms with Crippen LogP contribution in [-0.2, 0) is 0 Å². The van der Waals surface area contributed by atoms with Gasteiger partial charge in [0.1, 0.15) is 4.83 Å². The van der Waals surface area contributed by atoms with E-state index >= 15 is 0 Å². The number of halogens is 4. The van der Waals surface area contributed by atoms with Crippen LogP contribution in [0.1, 0.15) is 12.8 Å². The molecule has 6 heteroatoms. The average molecular weight is 290 g/mol. The Morgan fingerprint density at radius 1 is 1.47 bits per heavy atom. The molecular weight excluding hydrogens is 275 g/mol. The number of alkyl halides is 4. The summed E-state index contributed by atoms with van der Waals surface area (Å²) in [4.78, 5) is 0.184. The Balaban J connectivity index is 2.21. The van der Waals surface area contributed by atoms with E-state index in [0.29, 0.717) is 25.3 Å². The maximum atomic E-state index is 12.2. The van der Waals surface area contributed by atoms with Crippen molar-refractivity contribution in [3.05, 3.63) is 0 Å². The molecule has 15 heavy (non-hydrogen) atoms. The largest absolute Gasteiger partial charge is 0.402 e. The highest BCUT2D eigenvalue weighted by molar-refractivity contribution is 9.09. The number of hydrogen-bond acceptors (Lipinski definition) is 2. The molecule has 1 aliphatic rings. The molecule has 1 unspecified atom stereocenters. The molecule has 1 fully saturated rings. The van der Waals surface area contributed by atoms with Crippen LogP contribution >= 0.6 is 15.9 Å². The molecule has 0 heterocycles. The van der Waals surface area contributed by atoms with Gasteiger partial charge in [0.2, 0.25) is 0 Å². The van der Waals surface area contributed by atoms with E-state index in [2.05, 4.69) is 15.9 Å². The smallest absolute Gasteiger partial charge is 0.393 e. The summed E-state index contributed by atoms with van der Waals surface area (Å²) in [5.41, 5.74) is 0. The van der Waals surface area contributed by atoms with Crippen molar-refractivity contribution in [1.29, 1.82) is 0 Å². The SMILES string of the molecule is CN(CC1CC(O)C1)CC(Br)C(F)(F)F. The first-order valence-corrected chi connectivity index (χ1v) is 5.78. The van der Waals surface area contributed by atoms with Crippen molar-refractivity contribution in [2.45, 2.75) is 29.9 Å². The predicted molar refractivity (Wildman–Crippen MR) is 55.0 cm³/mol. The van der Waals surface area contributed by atoms with E-state index < -0.39 is 11.0 Å². The lowest BCUT2D eigenvalue weighted by Crippen LogP contribution is -2.41. The number of rotatable bonds is 4. The Bertz CT molecular complexity index is 206. The van der Waals surface area contributed by atoms with Gasteiger partial charge in [0.15, 0.2) is 0 Å². The topological polar surface area (TPSA) is 23.5 Å². The summed E-state index contributed by atoms with van der Waals surface area (Å²) >= 11 is 2.62. The summed E-state index contributed by atoms with van der Waals surface area (Å²) in [6.45, 7) is 0.575. The maximum Gasteiger partial charge on any atom is 0.402 e. The van der Waals surface area contributed by atoms with Crippen LogP contribution < -0.4 is 0 Å². The molecule has 1 rings (SSSR count). The van der Waals surface area contributed by atoms with Gasteiger partial charge in [0, 0.05) is 13.1 Å². The molecule has 0 amide bonds. The van der Waals surface area contributed by atoms with Gasteiger partial charge < -0.3 is 10.0 Å². The van der Waals surface area contributed by atoms with Crippen molar-refractivity contribution >= 4 is 15.9 Å². The second-order valence-electron chi connectivity index (χ2n) is 4.22. The number of nitrogens with zero attached hydrogens (tertiary/aromatic N) is 1. The van der Waals surface area contributed by atoms with E-state index in [-0.39, 0.29) is 12.6 Å². The second kappa shape index (κ2) is 5.01. The first-order chi connectivity index (χ1) is 6.79. The van der Waals surface area contributed by atoms with Crippen LogP contribution in [-0.4, -0.2) is 47.3 Å². The van der Waals surface area contributed by atoms with Gasteiger partial charge in [-0.05, 0) is 25.8 Å². The van der Waals surface area contributed by atoms with Gasteiger partial charge in [0.05, 0.1) is 6.10 Å². The lowest BCUT2D eigenvalue weighted by Gasteiger charge is -2.35. The molecule has 0 aromatic carbocycles. The highest BCUT2D eigenvalue weighted by Crippen LogP contribution is 2.30. The molecule has 90 valence electrons. The zero-order valence-corrected chi connectivity index (χ0v) is 10.1. The van der Waals surface area contributed by atoms with Gasteiger partial charge in [-0.25, -0.2) is 0 Å². The number of aliphatic hydroxyl groups is 1. The summed E-state index contributed by atoms with van der Waals surface area (Å²) in [6, 6.07) is 0. The molecule has 2 nitrogen and oxygen atoms in total. The van der Waals surface area contributed by atoms with E-state index in [4.69, 9.17) is 5.11 Å². The lowest BCUT2D eigenvalue weighted by atomic mass is 9.82. The highest BCUT2D eigenvalue weighted by Gasteiger charge is 2.38.